The molecule has 0 saturated carbocycles. The highest BCUT2D eigenvalue weighted by molar-refractivity contribution is 5.74. The lowest BCUT2D eigenvalue weighted by molar-refractivity contribution is -0.301. The number of carboxylic acid groups (broad SMARTS) is 1. The number of unbranched alkanes of at least 4 members (excludes halogenated alkanes) is 22. The first-order valence-corrected chi connectivity index (χ1v) is 31.2. The zero-order chi connectivity index (χ0) is 57.5. The van der Waals surface area contributed by atoms with Gasteiger partial charge in [0, 0.05) is 19.3 Å². The van der Waals surface area contributed by atoms with Crippen LogP contribution in [0.5, 0.6) is 0 Å². The van der Waals surface area contributed by atoms with Crippen LogP contribution in [0.25, 0.3) is 0 Å². The molecule has 1 fully saturated rings. The van der Waals surface area contributed by atoms with Gasteiger partial charge in [0.2, 0.25) is 0 Å². The Hall–Kier alpha value is -4.36. The van der Waals surface area contributed by atoms with E-state index in [2.05, 4.69) is 112 Å². The van der Waals surface area contributed by atoms with Gasteiger partial charge in [-0.15, -0.1) is 0 Å². The topological polar surface area (TPSA) is 175 Å². The molecule has 0 aromatic carbocycles. The number of aliphatic hydroxyl groups excluding tert-OH is 2. The summed E-state index contributed by atoms with van der Waals surface area (Å²) in [4.78, 5) is 51.2. The molecule has 1 rings (SSSR count). The Morgan fingerprint density at radius 3 is 1.29 bits per heavy atom. The highest BCUT2D eigenvalue weighted by Crippen LogP contribution is 2.26. The number of carbonyl (C=O) groups is 4. The third-order valence-electron chi connectivity index (χ3n) is 13.6. The number of carboxylic acids is 1. The van der Waals surface area contributed by atoms with E-state index in [0.717, 1.165) is 128 Å². The summed E-state index contributed by atoms with van der Waals surface area (Å²) in [6.45, 7) is 5.80. The summed E-state index contributed by atoms with van der Waals surface area (Å²) in [6.07, 6.45) is 59.4. The van der Waals surface area contributed by atoms with Crippen molar-refractivity contribution < 1.29 is 58.2 Å². The number of esters is 3. The molecule has 12 nitrogen and oxygen atoms in total. The Morgan fingerprint density at radius 2 is 0.810 bits per heavy atom. The molecule has 0 aromatic heterocycles. The maximum Gasteiger partial charge on any atom is 0.335 e. The van der Waals surface area contributed by atoms with Gasteiger partial charge in [-0.3, -0.25) is 14.4 Å². The fourth-order valence-corrected chi connectivity index (χ4v) is 8.84. The van der Waals surface area contributed by atoms with E-state index >= 15 is 0 Å². The number of carbonyl (C=O) groups excluding carboxylic acids is 3. The molecule has 6 unspecified atom stereocenters. The summed E-state index contributed by atoms with van der Waals surface area (Å²) < 4.78 is 28.4. The van der Waals surface area contributed by atoms with Crippen molar-refractivity contribution in [3.05, 3.63) is 97.2 Å². The standard InChI is InChI=1S/C67H110O12/c1-4-7-10-13-16-19-22-25-28-30-33-35-38-41-44-47-50-53-59(68)75-56-58(77-60(69)54-51-48-45-42-39-36-32-27-24-21-18-15-12-9-6-3)57-76-67-65(63(72)62(71)64(79-67)66(73)74)78-61(70)55-52-49-46-43-40-37-34-31-29-26-23-20-17-14-11-8-5-2/h7,10,16-17,19-20,25-29,32-33,35,41,44,58,62-65,67,71-72H,4-6,8-9,11-15,18,21-24,30-31,34,36-40,42-43,45-57H2,1-3H3,(H,73,74)/b10-7-,19-16-,20-17-,28-25-,29-26-,32-27-,35-33-,44-41-. The molecule has 1 saturated heterocycles. The molecule has 12 heteroatoms. The van der Waals surface area contributed by atoms with Gasteiger partial charge >= 0.3 is 23.9 Å². The summed E-state index contributed by atoms with van der Waals surface area (Å²) in [5.74, 6) is -3.22. The van der Waals surface area contributed by atoms with Gasteiger partial charge in [0.25, 0.3) is 0 Å². The lowest BCUT2D eigenvalue weighted by Gasteiger charge is -2.40. The van der Waals surface area contributed by atoms with Gasteiger partial charge in [-0.1, -0.05) is 214 Å². The van der Waals surface area contributed by atoms with Crippen LogP contribution in [0.3, 0.4) is 0 Å². The van der Waals surface area contributed by atoms with Crippen LogP contribution in [0.2, 0.25) is 0 Å². The molecule has 0 radical (unpaired) electrons. The van der Waals surface area contributed by atoms with Gasteiger partial charge in [0.05, 0.1) is 6.61 Å². The second-order valence-corrected chi connectivity index (χ2v) is 20.9. The number of ether oxygens (including phenoxy) is 5. The van der Waals surface area contributed by atoms with E-state index in [4.69, 9.17) is 23.7 Å². The largest absolute Gasteiger partial charge is 0.479 e. The molecule has 0 spiro atoms. The summed E-state index contributed by atoms with van der Waals surface area (Å²) in [5.41, 5.74) is 0. The molecule has 1 aliphatic rings. The molecular weight excluding hydrogens is 997 g/mol. The Morgan fingerprint density at radius 1 is 0.430 bits per heavy atom. The fourth-order valence-electron chi connectivity index (χ4n) is 8.84. The van der Waals surface area contributed by atoms with Crippen LogP contribution < -0.4 is 0 Å². The zero-order valence-electron chi connectivity index (χ0n) is 49.6. The van der Waals surface area contributed by atoms with E-state index in [0.29, 0.717) is 25.7 Å². The first-order chi connectivity index (χ1) is 38.6. The van der Waals surface area contributed by atoms with Crippen LogP contribution in [-0.2, 0) is 42.9 Å². The van der Waals surface area contributed by atoms with Gasteiger partial charge in [-0.05, 0) is 116 Å². The Kier molecular flexibility index (Phi) is 49.9. The summed E-state index contributed by atoms with van der Waals surface area (Å²) in [6, 6.07) is 0. The van der Waals surface area contributed by atoms with Crippen molar-refractivity contribution in [1.29, 1.82) is 0 Å². The first-order valence-electron chi connectivity index (χ1n) is 31.2. The molecule has 3 N–H and O–H groups in total. The summed E-state index contributed by atoms with van der Waals surface area (Å²) in [7, 11) is 0. The average Bonchev–Trinajstić information content (AvgIpc) is 3.47. The summed E-state index contributed by atoms with van der Waals surface area (Å²) >= 11 is 0. The molecule has 0 aromatic rings. The third-order valence-corrected chi connectivity index (χ3v) is 13.6. The second kappa shape index (κ2) is 54.2. The van der Waals surface area contributed by atoms with Crippen LogP contribution in [0.1, 0.15) is 252 Å². The van der Waals surface area contributed by atoms with E-state index in [1.165, 1.54) is 57.8 Å². The minimum Gasteiger partial charge on any atom is -0.479 e. The van der Waals surface area contributed by atoms with Crippen molar-refractivity contribution in [2.75, 3.05) is 13.2 Å². The predicted octanol–water partition coefficient (Wildman–Crippen LogP) is 16.5. The van der Waals surface area contributed by atoms with Crippen molar-refractivity contribution >= 4 is 23.9 Å². The van der Waals surface area contributed by atoms with E-state index in [-0.39, 0.29) is 25.9 Å². The van der Waals surface area contributed by atoms with Crippen molar-refractivity contribution in [2.45, 2.75) is 289 Å². The zero-order valence-corrected chi connectivity index (χ0v) is 49.6. The minimum atomic E-state index is -1.92. The molecule has 0 bridgehead atoms. The second-order valence-electron chi connectivity index (χ2n) is 20.9. The normalized spacial score (nSPS) is 18.5. The number of aliphatic hydroxyl groups is 2. The van der Waals surface area contributed by atoms with Gasteiger partial charge in [0.15, 0.2) is 24.6 Å². The van der Waals surface area contributed by atoms with Gasteiger partial charge in [0.1, 0.15) is 18.8 Å². The van der Waals surface area contributed by atoms with E-state index in [1.54, 1.807) is 0 Å². The van der Waals surface area contributed by atoms with Crippen molar-refractivity contribution in [1.82, 2.24) is 0 Å². The van der Waals surface area contributed by atoms with Crippen LogP contribution in [-0.4, -0.2) is 89.2 Å². The molecule has 1 aliphatic heterocycles. The van der Waals surface area contributed by atoms with Crippen molar-refractivity contribution in [2.24, 2.45) is 0 Å². The Bertz CT molecular complexity index is 1740. The molecule has 1 heterocycles. The molecule has 79 heavy (non-hydrogen) atoms. The van der Waals surface area contributed by atoms with Crippen molar-refractivity contribution in [3.63, 3.8) is 0 Å². The third kappa shape index (κ3) is 44.0. The van der Waals surface area contributed by atoms with Crippen LogP contribution in [0, 0.1) is 0 Å². The lowest BCUT2D eigenvalue weighted by Crippen LogP contribution is -2.61. The van der Waals surface area contributed by atoms with Gasteiger partial charge < -0.3 is 39.0 Å². The van der Waals surface area contributed by atoms with Gasteiger partial charge in [-0.2, -0.15) is 0 Å². The lowest BCUT2D eigenvalue weighted by atomic mass is 9.98. The Labute approximate surface area is 479 Å². The molecular formula is C67H110O12. The molecule has 0 amide bonds. The number of rotatable bonds is 52. The van der Waals surface area contributed by atoms with Crippen LogP contribution in [0.4, 0.5) is 0 Å². The monoisotopic (exact) mass is 1110 g/mol. The SMILES string of the molecule is CC/C=C\C/C=C\C/C=C\C/C=C\C/C=C\CCCC(=O)OCC(COC1OC(C(=O)O)C(O)C(O)C1OC(=O)CCCCCCCCC/C=C\C/C=C\CCCCC)OC(=O)CCCCCCC/C=C\CCCCCCCC. The summed E-state index contributed by atoms with van der Waals surface area (Å²) in [5, 5.41) is 31.5. The number of allylic oxidation sites excluding steroid dienone is 16. The predicted molar refractivity (Wildman–Crippen MR) is 321 cm³/mol. The number of hydrogen-bond donors (Lipinski definition) is 3. The van der Waals surface area contributed by atoms with E-state index in [9.17, 15) is 34.5 Å². The smallest absolute Gasteiger partial charge is 0.335 e. The Balaban J connectivity index is 2.72. The van der Waals surface area contributed by atoms with Crippen LogP contribution >= 0.6 is 0 Å². The molecule has 450 valence electrons. The van der Waals surface area contributed by atoms with Gasteiger partial charge in [-0.25, -0.2) is 4.79 Å². The van der Waals surface area contributed by atoms with Crippen LogP contribution in [0.15, 0.2) is 97.2 Å². The number of aliphatic carboxylic acids is 1. The highest BCUT2D eigenvalue weighted by Gasteiger charge is 2.50. The minimum absolute atomic E-state index is 0.0415. The quantitative estimate of drug-likeness (QED) is 0.0228. The van der Waals surface area contributed by atoms with E-state index < -0.39 is 67.3 Å². The maximum absolute atomic E-state index is 13.2. The molecule has 6 atom stereocenters. The number of hydrogen-bond acceptors (Lipinski definition) is 11. The van der Waals surface area contributed by atoms with Crippen molar-refractivity contribution in [3.8, 4) is 0 Å². The van der Waals surface area contributed by atoms with E-state index in [1.807, 2.05) is 6.08 Å². The highest BCUT2D eigenvalue weighted by atomic mass is 16.7. The average molecular weight is 1110 g/mol. The molecule has 0 aliphatic carbocycles. The first kappa shape index (κ1) is 72.7. The maximum atomic E-state index is 13.2. The fraction of sp³-hybridized carbons (Fsp3) is 0.701.